The summed E-state index contributed by atoms with van der Waals surface area (Å²) in [7, 11) is 0. The van der Waals surface area contributed by atoms with E-state index in [0.29, 0.717) is 42.0 Å². The molecule has 3 aromatic rings. The van der Waals surface area contributed by atoms with Crippen LogP contribution in [0.2, 0.25) is 5.02 Å². The highest BCUT2D eigenvalue weighted by molar-refractivity contribution is 6.30. The lowest BCUT2D eigenvalue weighted by atomic mass is 10.0. The van der Waals surface area contributed by atoms with Gasteiger partial charge >= 0.3 is 0 Å². The third-order valence-electron chi connectivity index (χ3n) is 4.45. The number of ether oxygens (including phenoxy) is 1. The second kappa shape index (κ2) is 7.80. The molecule has 1 aromatic heterocycles. The molecular weight excluding hydrogens is 366 g/mol. The average molecular weight is 384 g/mol. The number of benzene rings is 2. The summed E-state index contributed by atoms with van der Waals surface area (Å²) in [5.41, 5.74) is 1.13. The molecule has 0 aliphatic carbocycles. The van der Waals surface area contributed by atoms with Crippen molar-refractivity contribution in [2.75, 3.05) is 19.7 Å². The van der Waals surface area contributed by atoms with E-state index in [9.17, 15) is 4.79 Å². The Kier molecular flexibility index (Phi) is 5.07. The summed E-state index contributed by atoms with van der Waals surface area (Å²) in [6.07, 6.45) is 0.634. The minimum atomic E-state index is -0.0646. The maximum absolute atomic E-state index is 12.2. The molecule has 1 amide bonds. The summed E-state index contributed by atoms with van der Waals surface area (Å²) in [5, 5.41) is 4.67. The van der Waals surface area contributed by atoms with Gasteiger partial charge in [0.2, 0.25) is 5.89 Å². The van der Waals surface area contributed by atoms with Gasteiger partial charge in [-0.2, -0.15) is 4.98 Å². The summed E-state index contributed by atoms with van der Waals surface area (Å²) in [5.74, 6) is 1.88. The van der Waals surface area contributed by atoms with Gasteiger partial charge in [-0.1, -0.05) is 47.1 Å². The van der Waals surface area contributed by atoms with Crippen molar-refractivity contribution < 1.29 is 14.1 Å². The van der Waals surface area contributed by atoms with Crippen LogP contribution in [0.15, 0.2) is 59.1 Å². The highest BCUT2D eigenvalue weighted by atomic mass is 35.5. The Hall–Kier alpha value is -2.86. The Bertz CT molecular complexity index is 906. The third kappa shape index (κ3) is 4.28. The van der Waals surface area contributed by atoms with Gasteiger partial charge in [0.15, 0.2) is 12.4 Å². The van der Waals surface area contributed by atoms with Crippen LogP contribution in [0.5, 0.6) is 5.75 Å². The molecule has 2 heterocycles. The van der Waals surface area contributed by atoms with Crippen LogP contribution in [0.3, 0.4) is 0 Å². The van der Waals surface area contributed by atoms with Crippen LogP contribution in [0.4, 0.5) is 0 Å². The first-order valence-electron chi connectivity index (χ1n) is 8.70. The molecular formula is C20H18ClN3O3. The number of rotatable bonds is 6. The maximum Gasteiger partial charge on any atom is 0.260 e. The summed E-state index contributed by atoms with van der Waals surface area (Å²) in [6.45, 7) is 1.13. The van der Waals surface area contributed by atoms with E-state index in [1.54, 1.807) is 29.2 Å². The van der Waals surface area contributed by atoms with Crippen molar-refractivity contribution in [2.45, 2.75) is 12.3 Å². The van der Waals surface area contributed by atoms with E-state index in [2.05, 4.69) is 10.1 Å². The molecule has 0 N–H and O–H groups in total. The van der Waals surface area contributed by atoms with Crippen LogP contribution in [0.1, 0.15) is 23.2 Å². The van der Waals surface area contributed by atoms with Gasteiger partial charge in [-0.25, -0.2) is 0 Å². The molecule has 7 heteroatoms. The molecule has 1 aliphatic heterocycles. The van der Waals surface area contributed by atoms with Gasteiger partial charge in [0.25, 0.3) is 5.91 Å². The van der Waals surface area contributed by atoms with Gasteiger partial charge in [0.05, 0.1) is 5.92 Å². The number of hydrogen-bond acceptors (Lipinski definition) is 5. The Morgan fingerprint density at radius 1 is 1.15 bits per heavy atom. The average Bonchev–Trinajstić information content (AvgIpc) is 3.09. The fourth-order valence-corrected chi connectivity index (χ4v) is 3.02. The Morgan fingerprint density at radius 2 is 1.89 bits per heavy atom. The van der Waals surface area contributed by atoms with Gasteiger partial charge in [-0.3, -0.25) is 4.79 Å². The van der Waals surface area contributed by atoms with Crippen molar-refractivity contribution in [1.29, 1.82) is 0 Å². The number of hydrogen-bond donors (Lipinski definition) is 0. The minimum absolute atomic E-state index is 0.00254. The van der Waals surface area contributed by atoms with E-state index >= 15 is 0 Å². The number of carbonyl (C=O) groups is 1. The fourth-order valence-electron chi connectivity index (χ4n) is 2.89. The van der Waals surface area contributed by atoms with Crippen LogP contribution < -0.4 is 4.74 Å². The van der Waals surface area contributed by atoms with Crippen molar-refractivity contribution in [1.82, 2.24) is 15.0 Å². The van der Waals surface area contributed by atoms with Gasteiger partial charge in [-0.15, -0.1) is 0 Å². The highest BCUT2D eigenvalue weighted by Gasteiger charge is 2.35. The summed E-state index contributed by atoms with van der Waals surface area (Å²) in [4.78, 5) is 18.4. The van der Waals surface area contributed by atoms with Crippen LogP contribution in [-0.2, 0) is 11.2 Å². The highest BCUT2D eigenvalue weighted by Crippen LogP contribution is 2.26. The zero-order valence-corrected chi connectivity index (χ0v) is 15.3. The van der Waals surface area contributed by atoms with E-state index in [1.807, 2.05) is 30.3 Å². The molecule has 0 bridgehead atoms. The number of nitrogens with zero attached hydrogens (tertiary/aromatic N) is 3. The first-order valence-corrected chi connectivity index (χ1v) is 9.08. The van der Waals surface area contributed by atoms with Crippen LogP contribution in [-0.4, -0.2) is 40.6 Å². The maximum atomic E-state index is 12.2. The second-order valence-corrected chi connectivity index (χ2v) is 6.89. The SMILES string of the molecule is O=C(COc1ccc(Cl)cc1)N1CC(c2nc(Cc3ccccc3)no2)C1. The summed E-state index contributed by atoms with van der Waals surface area (Å²) >= 11 is 5.83. The van der Waals surface area contributed by atoms with Gasteiger partial charge in [0, 0.05) is 24.5 Å². The number of likely N-dealkylation sites (tertiary alicyclic amines) is 1. The topological polar surface area (TPSA) is 68.5 Å². The largest absolute Gasteiger partial charge is 0.484 e. The monoisotopic (exact) mass is 383 g/mol. The number of amides is 1. The summed E-state index contributed by atoms with van der Waals surface area (Å²) in [6, 6.07) is 16.9. The van der Waals surface area contributed by atoms with Crippen LogP contribution in [0.25, 0.3) is 0 Å². The van der Waals surface area contributed by atoms with Crippen molar-refractivity contribution in [2.24, 2.45) is 0 Å². The molecule has 1 aliphatic rings. The lowest BCUT2D eigenvalue weighted by Gasteiger charge is -2.36. The molecule has 4 rings (SSSR count). The normalized spacial score (nSPS) is 14.0. The molecule has 0 radical (unpaired) electrons. The number of carbonyl (C=O) groups excluding carboxylic acids is 1. The number of halogens is 1. The van der Waals surface area contributed by atoms with E-state index in [0.717, 1.165) is 5.56 Å². The zero-order chi connectivity index (χ0) is 18.6. The predicted octanol–water partition coefficient (Wildman–Crippen LogP) is 3.32. The van der Waals surface area contributed by atoms with Gasteiger partial charge in [-0.05, 0) is 29.8 Å². The molecule has 1 fully saturated rings. The van der Waals surface area contributed by atoms with E-state index in [4.69, 9.17) is 20.9 Å². The molecule has 138 valence electrons. The minimum Gasteiger partial charge on any atom is -0.484 e. The van der Waals surface area contributed by atoms with Gasteiger partial charge < -0.3 is 14.2 Å². The van der Waals surface area contributed by atoms with Crippen molar-refractivity contribution >= 4 is 17.5 Å². The van der Waals surface area contributed by atoms with Crippen molar-refractivity contribution in [3.8, 4) is 5.75 Å². The summed E-state index contributed by atoms with van der Waals surface area (Å²) < 4.78 is 10.9. The van der Waals surface area contributed by atoms with Crippen molar-refractivity contribution in [3.05, 3.63) is 76.9 Å². The van der Waals surface area contributed by atoms with Crippen LogP contribution >= 0.6 is 11.6 Å². The Morgan fingerprint density at radius 3 is 2.63 bits per heavy atom. The quantitative estimate of drug-likeness (QED) is 0.653. The molecule has 27 heavy (non-hydrogen) atoms. The van der Waals surface area contributed by atoms with E-state index < -0.39 is 0 Å². The molecule has 6 nitrogen and oxygen atoms in total. The standard InChI is InChI=1S/C20H18ClN3O3/c21-16-6-8-17(9-7-16)26-13-19(25)24-11-15(12-24)20-22-18(23-27-20)10-14-4-2-1-3-5-14/h1-9,15H,10-13H2. The molecule has 0 atom stereocenters. The lowest BCUT2D eigenvalue weighted by molar-refractivity contribution is -0.138. The first-order chi connectivity index (χ1) is 13.2. The van der Waals surface area contributed by atoms with Crippen LogP contribution in [0, 0.1) is 0 Å². The Balaban J connectivity index is 1.25. The van der Waals surface area contributed by atoms with Gasteiger partial charge in [0.1, 0.15) is 5.75 Å². The Labute approximate surface area is 161 Å². The fraction of sp³-hybridized carbons (Fsp3) is 0.250. The molecule has 0 saturated carbocycles. The van der Waals surface area contributed by atoms with E-state index in [-0.39, 0.29) is 18.4 Å². The lowest BCUT2D eigenvalue weighted by Crippen LogP contribution is -2.50. The third-order valence-corrected chi connectivity index (χ3v) is 4.70. The first kappa shape index (κ1) is 17.5. The number of aromatic nitrogens is 2. The smallest absolute Gasteiger partial charge is 0.260 e. The molecule has 1 saturated heterocycles. The van der Waals surface area contributed by atoms with Crippen molar-refractivity contribution in [3.63, 3.8) is 0 Å². The molecule has 0 unspecified atom stereocenters. The predicted molar refractivity (Wildman–Crippen MR) is 99.8 cm³/mol. The molecule has 0 spiro atoms. The zero-order valence-electron chi connectivity index (χ0n) is 14.5. The second-order valence-electron chi connectivity index (χ2n) is 6.45. The molecule has 2 aromatic carbocycles. The van der Waals surface area contributed by atoms with E-state index in [1.165, 1.54) is 0 Å².